The lowest BCUT2D eigenvalue weighted by atomic mass is 9.79. The summed E-state index contributed by atoms with van der Waals surface area (Å²) in [5, 5.41) is 0. The van der Waals surface area contributed by atoms with Crippen LogP contribution in [0.1, 0.15) is 79.1 Å². The molecule has 140 valence electrons. The van der Waals surface area contributed by atoms with E-state index in [4.69, 9.17) is 9.47 Å². The van der Waals surface area contributed by atoms with Gasteiger partial charge >= 0.3 is 11.9 Å². The molecule has 1 aliphatic carbocycles. The molecule has 0 amide bonds. The minimum atomic E-state index is -0.314. The van der Waals surface area contributed by atoms with Gasteiger partial charge in [-0.15, -0.1) is 0 Å². The molecule has 0 bridgehead atoms. The van der Waals surface area contributed by atoms with E-state index >= 15 is 0 Å². The summed E-state index contributed by atoms with van der Waals surface area (Å²) in [6.45, 7) is 9.37. The van der Waals surface area contributed by atoms with Crippen molar-refractivity contribution in [3.63, 3.8) is 0 Å². The summed E-state index contributed by atoms with van der Waals surface area (Å²) >= 11 is 0. The molecule has 4 nitrogen and oxygen atoms in total. The average molecular weight is 341 g/mol. The zero-order valence-corrected chi connectivity index (χ0v) is 16.0. The molecule has 2 atom stereocenters. The van der Waals surface area contributed by atoms with Crippen molar-refractivity contribution >= 4 is 11.9 Å². The van der Waals surface area contributed by atoms with Gasteiger partial charge in [0.1, 0.15) is 0 Å². The van der Waals surface area contributed by atoms with Crippen molar-refractivity contribution in [3.05, 3.63) is 0 Å². The molecule has 0 aromatic rings. The van der Waals surface area contributed by atoms with Crippen LogP contribution >= 0.6 is 0 Å². The second kappa shape index (κ2) is 11.5. The van der Waals surface area contributed by atoms with Crippen molar-refractivity contribution in [1.29, 1.82) is 0 Å². The molecule has 0 aromatic heterocycles. The van der Waals surface area contributed by atoms with Crippen LogP contribution in [-0.2, 0) is 19.1 Å². The van der Waals surface area contributed by atoms with Crippen LogP contribution in [0.5, 0.6) is 0 Å². The molecule has 1 saturated carbocycles. The molecule has 24 heavy (non-hydrogen) atoms. The Morgan fingerprint density at radius 1 is 0.833 bits per heavy atom. The van der Waals surface area contributed by atoms with E-state index in [1.165, 1.54) is 12.8 Å². The molecule has 0 N–H and O–H groups in total. The predicted octanol–water partition coefficient (Wildman–Crippen LogP) is 4.75. The highest BCUT2D eigenvalue weighted by atomic mass is 16.5. The van der Waals surface area contributed by atoms with Crippen LogP contribution < -0.4 is 0 Å². The van der Waals surface area contributed by atoms with Gasteiger partial charge in [0.2, 0.25) is 0 Å². The van der Waals surface area contributed by atoms with Gasteiger partial charge in [-0.3, -0.25) is 9.59 Å². The third-order valence-electron chi connectivity index (χ3n) is 4.60. The zero-order chi connectivity index (χ0) is 17.9. The minimum absolute atomic E-state index is 0.204. The fourth-order valence-corrected chi connectivity index (χ4v) is 3.16. The SMILES string of the molecule is CC(C)CCCCCOC(=O)C1CCCCC1C(=O)OCC(C)C. The Kier molecular flexibility index (Phi) is 10.0. The van der Waals surface area contributed by atoms with Crippen LogP contribution in [0, 0.1) is 23.7 Å². The third kappa shape index (κ3) is 8.16. The third-order valence-corrected chi connectivity index (χ3v) is 4.60. The van der Waals surface area contributed by atoms with E-state index in [0.717, 1.165) is 44.4 Å². The number of esters is 2. The van der Waals surface area contributed by atoms with Gasteiger partial charge < -0.3 is 9.47 Å². The lowest BCUT2D eigenvalue weighted by molar-refractivity contribution is -0.163. The van der Waals surface area contributed by atoms with E-state index in [1.54, 1.807) is 0 Å². The molecule has 0 aliphatic heterocycles. The Labute approximate surface area is 147 Å². The van der Waals surface area contributed by atoms with Crippen molar-refractivity contribution in [2.45, 2.75) is 79.1 Å². The summed E-state index contributed by atoms with van der Waals surface area (Å²) in [5.41, 5.74) is 0. The number of carbonyl (C=O) groups excluding carboxylic acids is 2. The standard InChI is InChI=1S/C20H36O4/c1-15(2)10-6-5-9-13-23-19(21)17-11-7-8-12-18(17)20(22)24-14-16(3)4/h15-18H,5-14H2,1-4H3. The molecule has 4 heteroatoms. The normalized spacial score (nSPS) is 21.1. The monoisotopic (exact) mass is 340 g/mol. The quantitative estimate of drug-likeness (QED) is 0.425. The number of carbonyl (C=O) groups is 2. The van der Waals surface area contributed by atoms with Crippen LogP contribution in [-0.4, -0.2) is 25.2 Å². The number of hydrogen-bond acceptors (Lipinski definition) is 4. The van der Waals surface area contributed by atoms with Gasteiger partial charge in [-0.2, -0.15) is 0 Å². The smallest absolute Gasteiger partial charge is 0.309 e. The molecular weight excluding hydrogens is 304 g/mol. The summed E-state index contributed by atoms with van der Waals surface area (Å²) in [5.74, 6) is -0.00598. The molecule has 0 radical (unpaired) electrons. The lowest BCUT2D eigenvalue weighted by Crippen LogP contribution is -2.35. The van der Waals surface area contributed by atoms with E-state index in [9.17, 15) is 9.59 Å². The Bertz CT molecular complexity index is 376. The summed E-state index contributed by atoms with van der Waals surface area (Å²) < 4.78 is 10.8. The Hall–Kier alpha value is -1.06. The van der Waals surface area contributed by atoms with Crippen LogP contribution in [0.15, 0.2) is 0 Å². The fraction of sp³-hybridized carbons (Fsp3) is 0.900. The van der Waals surface area contributed by atoms with E-state index in [0.29, 0.717) is 19.1 Å². The van der Waals surface area contributed by atoms with Gasteiger partial charge in [-0.1, -0.05) is 59.8 Å². The van der Waals surface area contributed by atoms with Gasteiger partial charge in [-0.05, 0) is 31.1 Å². The highest BCUT2D eigenvalue weighted by molar-refractivity contribution is 5.82. The number of unbranched alkanes of at least 4 members (excludes halogenated alkanes) is 2. The predicted molar refractivity (Wildman–Crippen MR) is 95.5 cm³/mol. The first-order valence-electron chi connectivity index (χ1n) is 9.75. The van der Waals surface area contributed by atoms with Crippen LogP contribution in [0.2, 0.25) is 0 Å². The average Bonchev–Trinajstić information content (AvgIpc) is 2.55. The number of rotatable bonds is 10. The van der Waals surface area contributed by atoms with Crippen molar-refractivity contribution in [1.82, 2.24) is 0 Å². The second-order valence-electron chi connectivity index (χ2n) is 7.93. The molecule has 1 fully saturated rings. The van der Waals surface area contributed by atoms with Crippen molar-refractivity contribution < 1.29 is 19.1 Å². The van der Waals surface area contributed by atoms with Crippen LogP contribution in [0.3, 0.4) is 0 Å². The van der Waals surface area contributed by atoms with E-state index in [-0.39, 0.29) is 23.8 Å². The van der Waals surface area contributed by atoms with Crippen molar-refractivity contribution in [2.75, 3.05) is 13.2 Å². The van der Waals surface area contributed by atoms with E-state index < -0.39 is 0 Å². The maximum absolute atomic E-state index is 12.4. The van der Waals surface area contributed by atoms with Crippen molar-refractivity contribution in [2.24, 2.45) is 23.7 Å². The Balaban J connectivity index is 2.35. The minimum Gasteiger partial charge on any atom is -0.465 e. The van der Waals surface area contributed by atoms with E-state index in [1.807, 2.05) is 13.8 Å². The topological polar surface area (TPSA) is 52.6 Å². The van der Waals surface area contributed by atoms with Gasteiger partial charge in [0, 0.05) is 0 Å². The Morgan fingerprint density at radius 2 is 1.42 bits per heavy atom. The largest absolute Gasteiger partial charge is 0.465 e. The number of ether oxygens (including phenoxy) is 2. The van der Waals surface area contributed by atoms with Crippen LogP contribution in [0.25, 0.3) is 0 Å². The second-order valence-corrected chi connectivity index (χ2v) is 7.93. The molecule has 0 spiro atoms. The molecule has 1 aliphatic rings. The van der Waals surface area contributed by atoms with Crippen LogP contribution in [0.4, 0.5) is 0 Å². The van der Waals surface area contributed by atoms with Gasteiger partial charge in [0.05, 0.1) is 25.0 Å². The lowest BCUT2D eigenvalue weighted by Gasteiger charge is -2.28. The molecule has 0 heterocycles. The summed E-state index contributed by atoms with van der Waals surface area (Å²) in [6.07, 6.45) is 7.87. The summed E-state index contributed by atoms with van der Waals surface area (Å²) in [6, 6.07) is 0. The van der Waals surface area contributed by atoms with E-state index in [2.05, 4.69) is 13.8 Å². The fourth-order valence-electron chi connectivity index (χ4n) is 3.16. The first-order valence-corrected chi connectivity index (χ1v) is 9.75. The molecule has 2 unspecified atom stereocenters. The molecule has 0 aromatic carbocycles. The molecular formula is C20H36O4. The summed E-state index contributed by atoms with van der Waals surface area (Å²) in [7, 11) is 0. The Morgan fingerprint density at radius 3 is 1.96 bits per heavy atom. The maximum atomic E-state index is 12.4. The maximum Gasteiger partial charge on any atom is 0.309 e. The highest BCUT2D eigenvalue weighted by Gasteiger charge is 2.37. The first kappa shape index (κ1) is 21.0. The van der Waals surface area contributed by atoms with Gasteiger partial charge in [-0.25, -0.2) is 0 Å². The summed E-state index contributed by atoms with van der Waals surface area (Å²) in [4.78, 5) is 24.6. The molecule has 1 rings (SSSR count). The van der Waals surface area contributed by atoms with Gasteiger partial charge in [0.25, 0.3) is 0 Å². The highest BCUT2D eigenvalue weighted by Crippen LogP contribution is 2.32. The first-order chi connectivity index (χ1) is 11.4. The molecule has 0 saturated heterocycles. The van der Waals surface area contributed by atoms with Gasteiger partial charge in [0.15, 0.2) is 0 Å². The number of hydrogen-bond donors (Lipinski definition) is 0. The van der Waals surface area contributed by atoms with Crippen molar-refractivity contribution in [3.8, 4) is 0 Å². The zero-order valence-electron chi connectivity index (χ0n) is 16.0.